The minimum Gasteiger partial charge on any atom is -0.494 e. The van der Waals surface area contributed by atoms with Crippen molar-refractivity contribution >= 4 is 19.4 Å². The van der Waals surface area contributed by atoms with Crippen LogP contribution >= 0.6 is 8.58 Å². The molecule has 0 saturated carbocycles. The number of carbonyl (C=O) groups excluding carboxylic acids is 1. The molecule has 146 valence electrons. The monoisotopic (exact) mass is 384 g/mol. The molecule has 0 aliphatic carbocycles. The molecule has 27 heavy (non-hydrogen) atoms. The standard InChI is InChI=1S/C24H33O2P/c1-7-8-9-14-26-21-15-17(2)22(18(3)16-21)27-23(25)19-10-12-20(13-11-19)24(4,5)6/h10-13,15-16,27H,7-9,14H2,1-6H3. The molecular weight excluding hydrogens is 351 g/mol. The summed E-state index contributed by atoms with van der Waals surface area (Å²) >= 11 is 0. The summed E-state index contributed by atoms with van der Waals surface area (Å²) in [5.41, 5.74) is 4.61. The van der Waals surface area contributed by atoms with Gasteiger partial charge in [0.2, 0.25) is 0 Å². The molecule has 0 radical (unpaired) electrons. The highest BCUT2D eigenvalue weighted by Gasteiger charge is 2.16. The third-order valence-electron chi connectivity index (χ3n) is 4.77. The SMILES string of the molecule is CCCCCOc1cc(C)c(PC(=O)c2ccc(C(C)(C)C)cc2)c(C)c1. The van der Waals surface area contributed by atoms with Crippen LogP contribution in [0.2, 0.25) is 0 Å². The van der Waals surface area contributed by atoms with E-state index in [1.165, 1.54) is 18.4 Å². The van der Waals surface area contributed by atoms with Gasteiger partial charge in [-0.25, -0.2) is 0 Å². The average Bonchev–Trinajstić information content (AvgIpc) is 2.61. The first-order valence-electron chi connectivity index (χ1n) is 9.88. The van der Waals surface area contributed by atoms with Crippen LogP contribution in [-0.2, 0) is 5.41 Å². The Morgan fingerprint density at radius 3 is 2.11 bits per heavy atom. The Morgan fingerprint density at radius 1 is 1.00 bits per heavy atom. The zero-order valence-electron chi connectivity index (χ0n) is 17.6. The van der Waals surface area contributed by atoms with Gasteiger partial charge < -0.3 is 4.74 Å². The van der Waals surface area contributed by atoms with E-state index in [1.807, 2.05) is 12.1 Å². The van der Waals surface area contributed by atoms with Crippen molar-refractivity contribution in [3.05, 3.63) is 58.7 Å². The number of benzene rings is 2. The summed E-state index contributed by atoms with van der Waals surface area (Å²) in [6, 6.07) is 12.2. The van der Waals surface area contributed by atoms with Crippen LogP contribution in [0, 0.1) is 13.8 Å². The molecule has 0 fully saturated rings. The van der Waals surface area contributed by atoms with Crippen LogP contribution in [0.3, 0.4) is 0 Å². The van der Waals surface area contributed by atoms with Gasteiger partial charge >= 0.3 is 0 Å². The molecule has 3 heteroatoms. The number of unbranched alkanes of at least 4 members (excludes halogenated alkanes) is 2. The van der Waals surface area contributed by atoms with Crippen LogP contribution in [0.15, 0.2) is 36.4 Å². The zero-order valence-corrected chi connectivity index (χ0v) is 18.6. The van der Waals surface area contributed by atoms with Crippen molar-refractivity contribution in [3.8, 4) is 5.75 Å². The lowest BCUT2D eigenvalue weighted by molar-refractivity contribution is 0.108. The zero-order chi connectivity index (χ0) is 20.0. The van der Waals surface area contributed by atoms with Gasteiger partial charge in [0.05, 0.1) is 6.61 Å². The van der Waals surface area contributed by atoms with Crippen molar-refractivity contribution in [2.24, 2.45) is 0 Å². The fraction of sp³-hybridized carbons (Fsp3) is 0.458. The molecule has 0 aliphatic heterocycles. The summed E-state index contributed by atoms with van der Waals surface area (Å²) < 4.78 is 5.88. The van der Waals surface area contributed by atoms with Crippen molar-refractivity contribution < 1.29 is 9.53 Å². The van der Waals surface area contributed by atoms with Gasteiger partial charge in [-0.2, -0.15) is 0 Å². The Labute approximate surface area is 166 Å². The molecule has 0 spiro atoms. The van der Waals surface area contributed by atoms with E-state index >= 15 is 0 Å². The minimum absolute atomic E-state index is 0.101. The molecule has 1 unspecified atom stereocenters. The number of hydrogen-bond acceptors (Lipinski definition) is 2. The predicted molar refractivity (Wildman–Crippen MR) is 118 cm³/mol. The maximum absolute atomic E-state index is 12.8. The second-order valence-electron chi connectivity index (χ2n) is 8.27. The highest BCUT2D eigenvalue weighted by atomic mass is 31.1. The predicted octanol–water partition coefficient (Wildman–Crippen LogP) is 6.31. The van der Waals surface area contributed by atoms with E-state index in [0.717, 1.165) is 40.8 Å². The summed E-state index contributed by atoms with van der Waals surface area (Å²) in [6.07, 6.45) is 3.47. The summed E-state index contributed by atoms with van der Waals surface area (Å²) in [5, 5.41) is 1.14. The highest BCUT2D eigenvalue weighted by molar-refractivity contribution is 7.66. The number of rotatable bonds is 8. The first kappa shape index (κ1) is 21.6. The molecule has 0 amide bonds. The van der Waals surface area contributed by atoms with Gasteiger partial charge in [0.1, 0.15) is 5.75 Å². The maximum Gasteiger partial charge on any atom is 0.185 e. The minimum atomic E-state index is 0.101. The third kappa shape index (κ3) is 6.18. The van der Waals surface area contributed by atoms with Crippen LogP contribution in [0.25, 0.3) is 0 Å². The van der Waals surface area contributed by atoms with Gasteiger partial charge in [-0.1, -0.05) is 64.8 Å². The van der Waals surface area contributed by atoms with Crippen molar-refractivity contribution in [2.75, 3.05) is 6.61 Å². The topological polar surface area (TPSA) is 26.3 Å². The van der Waals surface area contributed by atoms with Gasteiger partial charge in [0.15, 0.2) is 5.52 Å². The largest absolute Gasteiger partial charge is 0.494 e. The van der Waals surface area contributed by atoms with E-state index in [1.54, 1.807) is 0 Å². The molecule has 2 aromatic carbocycles. The summed E-state index contributed by atoms with van der Waals surface area (Å²) in [5.74, 6) is 0.914. The maximum atomic E-state index is 12.8. The average molecular weight is 385 g/mol. The Hall–Kier alpha value is -1.66. The Bertz CT molecular complexity index is 747. The van der Waals surface area contributed by atoms with Gasteiger partial charge in [-0.15, -0.1) is 0 Å². The lowest BCUT2D eigenvalue weighted by Crippen LogP contribution is -2.12. The van der Waals surface area contributed by atoms with Gasteiger partial charge in [0, 0.05) is 5.56 Å². The molecule has 0 aromatic heterocycles. The second-order valence-corrected chi connectivity index (χ2v) is 9.47. The van der Waals surface area contributed by atoms with Crippen molar-refractivity contribution in [2.45, 2.75) is 66.2 Å². The first-order valence-corrected chi connectivity index (χ1v) is 10.9. The molecule has 0 heterocycles. The molecule has 0 saturated heterocycles. The van der Waals surface area contributed by atoms with E-state index in [2.05, 4.69) is 65.8 Å². The molecular formula is C24H33O2P. The van der Waals surface area contributed by atoms with E-state index in [-0.39, 0.29) is 19.5 Å². The van der Waals surface area contributed by atoms with E-state index in [0.29, 0.717) is 0 Å². The van der Waals surface area contributed by atoms with Gasteiger partial charge in [0.25, 0.3) is 0 Å². The fourth-order valence-corrected chi connectivity index (χ4v) is 4.13. The van der Waals surface area contributed by atoms with Crippen LogP contribution < -0.4 is 10.0 Å². The van der Waals surface area contributed by atoms with Crippen molar-refractivity contribution in [1.29, 1.82) is 0 Å². The third-order valence-corrected chi connectivity index (χ3v) is 6.33. The van der Waals surface area contributed by atoms with Crippen LogP contribution in [0.4, 0.5) is 0 Å². The fourth-order valence-electron chi connectivity index (χ4n) is 3.05. The van der Waals surface area contributed by atoms with Crippen molar-refractivity contribution in [3.63, 3.8) is 0 Å². The van der Waals surface area contributed by atoms with Crippen molar-refractivity contribution in [1.82, 2.24) is 0 Å². The van der Waals surface area contributed by atoms with Crippen LogP contribution in [0.1, 0.15) is 74.0 Å². The van der Waals surface area contributed by atoms with E-state index in [4.69, 9.17) is 4.74 Å². The van der Waals surface area contributed by atoms with E-state index in [9.17, 15) is 4.79 Å². The van der Waals surface area contributed by atoms with E-state index < -0.39 is 0 Å². The van der Waals surface area contributed by atoms with Crippen LogP contribution in [-0.4, -0.2) is 12.1 Å². The lowest BCUT2D eigenvalue weighted by Gasteiger charge is -2.19. The molecule has 2 aromatic rings. The Kier molecular flexibility index (Phi) is 7.62. The quantitative estimate of drug-likeness (QED) is 0.393. The molecule has 1 atom stereocenters. The second kappa shape index (κ2) is 9.51. The Morgan fingerprint density at radius 2 is 1.59 bits per heavy atom. The molecule has 0 N–H and O–H groups in total. The molecule has 0 aliphatic rings. The molecule has 0 bridgehead atoms. The highest BCUT2D eigenvalue weighted by Crippen LogP contribution is 2.27. The summed E-state index contributed by atoms with van der Waals surface area (Å²) in [6.45, 7) is 13.7. The summed E-state index contributed by atoms with van der Waals surface area (Å²) in [7, 11) is 0.141. The van der Waals surface area contributed by atoms with Gasteiger partial charge in [-0.3, -0.25) is 4.79 Å². The first-order chi connectivity index (χ1) is 12.7. The number of hydrogen-bond donors (Lipinski definition) is 0. The van der Waals surface area contributed by atoms with Gasteiger partial charge in [-0.05, 0) is 68.4 Å². The van der Waals surface area contributed by atoms with Crippen LogP contribution in [0.5, 0.6) is 5.75 Å². The lowest BCUT2D eigenvalue weighted by atomic mass is 9.87. The normalized spacial score (nSPS) is 11.9. The molecule has 2 nitrogen and oxygen atoms in total. The smallest absolute Gasteiger partial charge is 0.185 e. The Balaban J connectivity index is 2.09. The summed E-state index contributed by atoms with van der Waals surface area (Å²) in [4.78, 5) is 12.8. The number of ether oxygens (including phenoxy) is 1. The number of carbonyl (C=O) groups is 1. The molecule has 2 rings (SSSR count). The number of aryl methyl sites for hydroxylation is 2.